The predicted molar refractivity (Wildman–Crippen MR) is 87.1 cm³/mol. The minimum Gasteiger partial charge on any atom is -0.487 e. The third-order valence-electron chi connectivity index (χ3n) is 2.71. The lowest BCUT2D eigenvalue weighted by atomic mass is 10.2. The molecule has 1 N–H and O–H groups in total. The van der Waals surface area contributed by atoms with Crippen LogP contribution in [-0.2, 0) is 13.2 Å². The first-order chi connectivity index (χ1) is 10.0. The Labute approximate surface area is 136 Å². The number of hydrogen-bond acceptors (Lipinski definition) is 4. The quantitative estimate of drug-likeness (QED) is 0.783. The minimum absolute atomic E-state index is 0.329. The molecule has 0 aliphatic heterocycles. The first-order valence-electron chi connectivity index (χ1n) is 6.76. The number of nitrogens with one attached hydrogen (secondary N) is 1. The molecule has 0 radical (unpaired) electrons. The average Bonchev–Trinajstić information content (AvgIpc) is 2.88. The Kier molecular flexibility index (Phi) is 6.14. The molecule has 2 rings (SSSR count). The lowest BCUT2D eigenvalue weighted by molar-refractivity contribution is 0.300. The summed E-state index contributed by atoms with van der Waals surface area (Å²) in [6, 6.07) is 4.72. The van der Waals surface area contributed by atoms with Gasteiger partial charge in [0.1, 0.15) is 23.2 Å². The summed E-state index contributed by atoms with van der Waals surface area (Å²) in [6.45, 7) is 6.44. The summed E-state index contributed by atoms with van der Waals surface area (Å²) in [4.78, 5) is 4.49. The van der Waals surface area contributed by atoms with Gasteiger partial charge in [0.15, 0.2) is 0 Å². The van der Waals surface area contributed by atoms with E-state index in [1.54, 1.807) is 23.5 Å². The van der Waals surface area contributed by atoms with E-state index in [-0.39, 0.29) is 5.82 Å². The molecule has 0 aliphatic rings. The van der Waals surface area contributed by atoms with Crippen LogP contribution in [0, 0.1) is 11.7 Å². The molecule has 0 unspecified atom stereocenters. The molecule has 0 atom stereocenters. The van der Waals surface area contributed by atoms with E-state index < -0.39 is 0 Å². The summed E-state index contributed by atoms with van der Waals surface area (Å²) in [7, 11) is 0. The minimum atomic E-state index is -0.329. The summed E-state index contributed by atoms with van der Waals surface area (Å²) >= 11 is 4.72. The highest BCUT2D eigenvalue weighted by atomic mass is 79.9. The van der Waals surface area contributed by atoms with E-state index in [2.05, 4.69) is 40.1 Å². The highest BCUT2D eigenvalue weighted by Crippen LogP contribution is 2.22. The van der Waals surface area contributed by atoms with Crippen molar-refractivity contribution in [2.45, 2.75) is 27.0 Å². The molecule has 0 fully saturated rings. The second-order valence-electron chi connectivity index (χ2n) is 5.12. The molecule has 0 amide bonds. The Bertz CT molecular complexity index is 589. The van der Waals surface area contributed by atoms with Gasteiger partial charge in [0, 0.05) is 18.0 Å². The van der Waals surface area contributed by atoms with Gasteiger partial charge in [-0.1, -0.05) is 13.8 Å². The third-order valence-corrected chi connectivity index (χ3v) is 4.25. The maximum Gasteiger partial charge on any atom is 0.141 e. The lowest BCUT2D eigenvalue weighted by Crippen LogP contribution is -2.18. The monoisotopic (exact) mass is 372 g/mol. The highest BCUT2D eigenvalue weighted by molar-refractivity contribution is 9.10. The van der Waals surface area contributed by atoms with E-state index in [9.17, 15) is 4.39 Å². The molecule has 6 heteroatoms. The number of thiazole rings is 1. The Balaban J connectivity index is 1.83. The topological polar surface area (TPSA) is 34.2 Å². The summed E-state index contributed by atoms with van der Waals surface area (Å²) in [6.07, 6.45) is 0. The fourth-order valence-corrected chi connectivity index (χ4v) is 2.68. The molecule has 3 nitrogen and oxygen atoms in total. The first-order valence-corrected chi connectivity index (χ1v) is 8.43. The van der Waals surface area contributed by atoms with Crippen LogP contribution in [0.15, 0.2) is 28.1 Å². The van der Waals surface area contributed by atoms with Gasteiger partial charge < -0.3 is 10.1 Å². The van der Waals surface area contributed by atoms with Crippen LogP contribution in [0.2, 0.25) is 0 Å². The van der Waals surface area contributed by atoms with Gasteiger partial charge in [-0.05, 0) is 40.5 Å². The van der Waals surface area contributed by atoms with E-state index in [1.165, 1.54) is 6.07 Å². The zero-order valence-electron chi connectivity index (χ0n) is 12.0. The number of benzene rings is 1. The van der Waals surface area contributed by atoms with Crippen LogP contribution in [0.3, 0.4) is 0 Å². The first kappa shape index (κ1) is 16.4. The zero-order chi connectivity index (χ0) is 15.2. The molecule has 0 bridgehead atoms. The Hall–Kier alpha value is -0.980. The van der Waals surface area contributed by atoms with Crippen molar-refractivity contribution in [1.82, 2.24) is 10.3 Å². The number of aromatic nitrogens is 1. The maximum absolute atomic E-state index is 13.4. The van der Waals surface area contributed by atoms with Gasteiger partial charge in [0.05, 0.1) is 10.2 Å². The molecule has 114 valence electrons. The summed E-state index contributed by atoms with van der Waals surface area (Å²) in [5, 5.41) is 6.37. The fourth-order valence-electron chi connectivity index (χ4n) is 1.69. The molecule has 21 heavy (non-hydrogen) atoms. The van der Waals surface area contributed by atoms with Crippen LogP contribution in [0.1, 0.15) is 24.5 Å². The number of hydrogen-bond donors (Lipinski definition) is 1. The van der Waals surface area contributed by atoms with E-state index in [0.717, 1.165) is 23.8 Å². The molecule has 0 saturated carbocycles. The number of halogens is 2. The second kappa shape index (κ2) is 7.87. The summed E-state index contributed by atoms with van der Waals surface area (Å²) < 4.78 is 19.3. The van der Waals surface area contributed by atoms with Crippen molar-refractivity contribution in [3.05, 3.63) is 44.6 Å². The molecule has 2 aromatic rings. The molecule has 1 aromatic heterocycles. The molecular formula is C15H18BrFN2OS. The van der Waals surface area contributed by atoms with Crippen LogP contribution >= 0.6 is 27.3 Å². The van der Waals surface area contributed by atoms with Crippen LogP contribution in [0.5, 0.6) is 5.75 Å². The molecular weight excluding hydrogens is 355 g/mol. The van der Waals surface area contributed by atoms with Crippen LogP contribution in [0.4, 0.5) is 4.39 Å². The largest absolute Gasteiger partial charge is 0.487 e. The SMILES string of the molecule is CC(C)CNCc1nc(COc2ccc(Br)c(F)c2)cs1. The average molecular weight is 373 g/mol. The standard InChI is InChI=1S/C15H18BrFN2OS/c1-10(2)6-18-7-15-19-11(9-21-15)8-20-12-3-4-13(16)14(17)5-12/h3-5,9-10,18H,6-8H2,1-2H3. The zero-order valence-corrected chi connectivity index (χ0v) is 14.4. The Morgan fingerprint density at radius 2 is 2.24 bits per heavy atom. The van der Waals surface area contributed by atoms with Gasteiger partial charge in [0.25, 0.3) is 0 Å². The van der Waals surface area contributed by atoms with E-state index in [0.29, 0.717) is 22.7 Å². The van der Waals surface area contributed by atoms with Gasteiger partial charge in [-0.3, -0.25) is 0 Å². The van der Waals surface area contributed by atoms with Gasteiger partial charge >= 0.3 is 0 Å². The maximum atomic E-state index is 13.4. The van der Waals surface area contributed by atoms with Gasteiger partial charge in [-0.15, -0.1) is 11.3 Å². The smallest absolute Gasteiger partial charge is 0.141 e. The van der Waals surface area contributed by atoms with Crippen molar-refractivity contribution in [2.24, 2.45) is 5.92 Å². The van der Waals surface area contributed by atoms with E-state index in [4.69, 9.17) is 4.74 Å². The summed E-state index contributed by atoms with van der Waals surface area (Å²) in [5.74, 6) is 0.799. The van der Waals surface area contributed by atoms with Gasteiger partial charge in [-0.2, -0.15) is 0 Å². The number of nitrogens with zero attached hydrogens (tertiary/aromatic N) is 1. The molecule has 0 aliphatic carbocycles. The fraction of sp³-hybridized carbons (Fsp3) is 0.400. The van der Waals surface area contributed by atoms with Crippen molar-refractivity contribution in [1.29, 1.82) is 0 Å². The summed E-state index contributed by atoms with van der Waals surface area (Å²) in [5.41, 5.74) is 0.865. The molecule has 0 spiro atoms. The lowest BCUT2D eigenvalue weighted by Gasteiger charge is -2.05. The van der Waals surface area contributed by atoms with E-state index >= 15 is 0 Å². The number of rotatable bonds is 7. The van der Waals surface area contributed by atoms with Crippen LogP contribution in [-0.4, -0.2) is 11.5 Å². The number of ether oxygens (including phenoxy) is 1. The van der Waals surface area contributed by atoms with Gasteiger partial charge in [0.2, 0.25) is 0 Å². The van der Waals surface area contributed by atoms with E-state index in [1.807, 2.05) is 5.38 Å². The van der Waals surface area contributed by atoms with Crippen LogP contribution < -0.4 is 10.1 Å². The van der Waals surface area contributed by atoms with Crippen molar-refractivity contribution < 1.29 is 9.13 Å². The normalized spacial score (nSPS) is 11.1. The van der Waals surface area contributed by atoms with Crippen molar-refractivity contribution in [3.63, 3.8) is 0 Å². The van der Waals surface area contributed by atoms with Crippen molar-refractivity contribution in [2.75, 3.05) is 6.54 Å². The molecule has 1 heterocycles. The van der Waals surface area contributed by atoms with Crippen LogP contribution in [0.25, 0.3) is 0 Å². The van der Waals surface area contributed by atoms with Crippen molar-refractivity contribution >= 4 is 27.3 Å². The van der Waals surface area contributed by atoms with Gasteiger partial charge in [-0.25, -0.2) is 9.37 Å². The Morgan fingerprint density at radius 1 is 1.43 bits per heavy atom. The third kappa shape index (κ3) is 5.37. The molecule has 0 saturated heterocycles. The molecule has 1 aromatic carbocycles. The predicted octanol–water partition coefficient (Wildman–Crippen LogP) is 4.37. The Morgan fingerprint density at radius 3 is 2.95 bits per heavy atom. The second-order valence-corrected chi connectivity index (χ2v) is 6.92. The van der Waals surface area contributed by atoms with Crippen molar-refractivity contribution in [3.8, 4) is 5.75 Å². The highest BCUT2D eigenvalue weighted by Gasteiger charge is 2.05.